The molecule has 0 aliphatic carbocycles. The van der Waals surface area contributed by atoms with Crippen LogP contribution in [0.2, 0.25) is 0 Å². The second-order valence-corrected chi connectivity index (χ2v) is 3.46. The van der Waals surface area contributed by atoms with Gasteiger partial charge in [-0.2, -0.15) is 0 Å². The van der Waals surface area contributed by atoms with Gasteiger partial charge in [-0.25, -0.2) is 9.37 Å². The van der Waals surface area contributed by atoms with Crippen LogP contribution in [0.15, 0.2) is 36.5 Å². The highest BCUT2D eigenvalue weighted by Crippen LogP contribution is 2.25. The van der Waals surface area contributed by atoms with Crippen molar-refractivity contribution in [2.75, 3.05) is 5.73 Å². The van der Waals surface area contributed by atoms with E-state index in [2.05, 4.69) is 4.98 Å². The number of ether oxygens (including phenoxy) is 1. The molecular weight excluding hydrogens is 207 g/mol. The van der Waals surface area contributed by atoms with Crippen LogP contribution in [0.1, 0.15) is 5.56 Å². The minimum Gasteiger partial charge on any atom is -0.437 e. The van der Waals surface area contributed by atoms with Gasteiger partial charge in [0.05, 0.1) is 5.69 Å². The summed E-state index contributed by atoms with van der Waals surface area (Å²) < 4.78 is 18.1. The van der Waals surface area contributed by atoms with Crippen molar-refractivity contribution in [3.63, 3.8) is 0 Å². The first-order valence-corrected chi connectivity index (χ1v) is 4.81. The summed E-state index contributed by atoms with van der Waals surface area (Å²) in [5.74, 6) is 0.527. The smallest absolute Gasteiger partial charge is 0.242 e. The molecule has 0 atom stereocenters. The molecule has 2 aromatic rings. The highest BCUT2D eigenvalue weighted by atomic mass is 19.1. The lowest BCUT2D eigenvalue weighted by molar-refractivity contribution is 0.463. The summed E-state index contributed by atoms with van der Waals surface area (Å²) in [6.07, 6.45) is 1.66. The molecular formula is C12H11FN2O. The number of nitrogens with two attached hydrogens (primary N) is 1. The number of nitrogens with zero attached hydrogens (tertiary/aromatic N) is 1. The molecule has 0 saturated heterocycles. The Morgan fingerprint density at radius 1 is 1.25 bits per heavy atom. The van der Waals surface area contributed by atoms with Crippen LogP contribution in [-0.4, -0.2) is 4.98 Å². The van der Waals surface area contributed by atoms with E-state index in [-0.39, 0.29) is 5.82 Å². The zero-order valence-electron chi connectivity index (χ0n) is 8.77. The van der Waals surface area contributed by atoms with Crippen molar-refractivity contribution in [3.05, 3.63) is 47.9 Å². The fourth-order valence-electron chi connectivity index (χ4n) is 1.28. The molecule has 0 bridgehead atoms. The normalized spacial score (nSPS) is 10.1. The molecule has 1 aromatic heterocycles. The van der Waals surface area contributed by atoms with E-state index in [1.807, 2.05) is 6.92 Å². The number of hydrogen-bond acceptors (Lipinski definition) is 3. The first-order chi connectivity index (χ1) is 7.65. The Balaban J connectivity index is 2.23. The third-order valence-electron chi connectivity index (χ3n) is 2.04. The van der Waals surface area contributed by atoms with Crippen LogP contribution in [0.4, 0.5) is 10.1 Å². The molecule has 4 heteroatoms. The summed E-state index contributed by atoms with van der Waals surface area (Å²) in [4.78, 5) is 4.05. The van der Waals surface area contributed by atoms with Gasteiger partial charge < -0.3 is 10.5 Å². The topological polar surface area (TPSA) is 48.1 Å². The number of hydrogen-bond donors (Lipinski definition) is 1. The Kier molecular flexibility index (Phi) is 2.72. The first kappa shape index (κ1) is 10.4. The zero-order chi connectivity index (χ0) is 11.5. The number of aryl methyl sites for hydroxylation is 1. The summed E-state index contributed by atoms with van der Waals surface area (Å²) in [6.45, 7) is 1.89. The minimum absolute atomic E-state index is 0.308. The maximum absolute atomic E-state index is 12.7. The average molecular weight is 218 g/mol. The molecule has 82 valence electrons. The van der Waals surface area contributed by atoms with E-state index in [4.69, 9.17) is 10.5 Å². The number of aromatic nitrogens is 1. The molecule has 0 amide bonds. The third-order valence-corrected chi connectivity index (χ3v) is 2.04. The van der Waals surface area contributed by atoms with E-state index >= 15 is 0 Å². The molecule has 2 rings (SSSR count). The molecule has 1 aromatic carbocycles. The van der Waals surface area contributed by atoms with Gasteiger partial charge in [-0.3, -0.25) is 0 Å². The van der Waals surface area contributed by atoms with Crippen LogP contribution in [0.25, 0.3) is 0 Å². The highest BCUT2D eigenvalue weighted by molar-refractivity contribution is 5.50. The monoisotopic (exact) mass is 218 g/mol. The minimum atomic E-state index is -0.308. The Hall–Kier alpha value is -2.10. The summed E-state index contributed by atoms with van der Waals surface area (Å²) in [5.41, 5.74) is 7.16. The van der Waals surface area contributed by atoms with E-state index in [1.165, 1.54) is 24.3 Å². The van der Waals surface area contributed by atoms with Crippen molar-refractivity contribution < 1.29 is 9.13 Å². The van der Waals surface area contributed by atoms with Gasteiger partial charge in [0.1, 0.15) is 11.6 Å². The van der Waals surface area contributed by atoms with Gasteiger partial charge in [-0.15, -0.1) is 0 Å². The zero-order valence-corrected chi connectivity index (χ0v) is 8.77. The number of halogens is 1. The number of nitrogen functional groups attached to an aromatic ring is 1. The van der Waals surface area contributed by atoms with Gasteiger partial charge >= 0.3 is 0 Å². The fraction of sp³-hybridized carbons (Fsp3) is 0.0833. The number of pyridine rings is 1. The van der Waals surface area contributed by atoms with Crippen molar-refractivity contribution in [2.45, 2.75) is 6.92 Å². The van der Waals surface area contributed by atoms with Gasteiger partial charge in [-0.05, 0) is 42.8 Å². The first-order valence-electron chi connectivity index (χ1n) is 4.81. The van der Waals surface area contributed by atoms with Crippen LogP contribution < -0.4 is 10.5 Å². The quantitative estimate of drug-likeness (QED) is 0.843. The molecule has 0 radical (unpaired) electrons. The van der Waals surface area contributed by atoms with Crippen molar-refractivity contribution in [1.82, 2.24) is 4.98 Å². The van der Waals surface area contributed by atoms with E-state index in [0.29, 0.717) is 17.3 Å². The molecule has 0 fully saturated rings. The maximum Gasteiger partial charge on any atom is 0.242 e. The molecule has 0 spiro atoms. The summed E-state index contributed by atoms with van der Waals surface area (Å²) in [6, 6.07) is 7.46. The van der Waals surface area contributed by atoms with E-state index in [1.54, 1.807) is 12.3 Å². The van der Waals surface area contributed by atoms with Gasteiger partial charge in [0.2, 0.25) is 5.88 Å². The third kappa shape index (κ3) is 2.28. The molecule has 0 saturated carbocycles. The molecule has 2 N–H and O–H groups in total. The van der Waals surface area contributed by atoms with Crippen molar-refractivity contribution >= 4 is 5.69 Å². The largest absolute Gasteiger partial charge is 0.437 e. The van der Waals surface area contributed by atoms with E-state index in [9.17, 15) is 4.39 Å². The van der Waals surface area contributed by atoms with Crippen LogP contribution >= 0.6 is 0 Å². The fourth-order valence-corrected chi connectivity index (χ4v) is 1.28. The van der Waals surface area contributed by atoms with Gasteiger partial charge in [0, 0.05) is 6.20 Å². The molecule has 0 aliphatic rings. The standard InChI is InChI=1S/C12H11FN2O/c1-8-6-11(14)12(15-7-8)16-10-4-2-9(13)3-5-10/h2-7H,14H2,1H3. The summed E-state index contributed by atoms with van der Waals surface area (Å²) in [7, 11) is 0. The highest BCUT2D eigenvalue weighted by Gasteiger charge is 2.03. The summed E-state index contributed by atoms with van der Waals surface area (Å²) in [5, 5.41) is 0. The molecule has 0 unspecified atom stereocenters. The molecule has 16 heavy (non-hydrogen) atoms. The van der Waals surface area contributed by atoms with Crippen LogP contribution in [0.5, 0.6) is 11.6 Å². The summed E-state index contributed by atoms with van der Waals surface area (Å²) >= 11 is 0. The van der Waals surface area contributed by atoms with Crippen molar-refractivity contribution in [1.29, 1.82) is 0 Å². The van der Waals surface area contributed by atoms with Crippen LogP contribution in [0.3, 0.4) is 0 Å². The van der Waals surface area contributed by atoms with Crippen molar-refractivity contribution in [2.24, 2.45) is 0 Å². The lowest BCUT2D eigenvalue weighted by atomic mass is 10.3. The average Bonchev–Trinajstić information content (AvgIpc) is 2.25. The lowest BCUT2D eigenvalue weighted by Gasteiger charge is -2.07. The molecule has 0 aliphatic heterocycles. The van der Waals surface area contributed by atoms with E-state index < -0.39 is 0 Å². The van der Waals surface area contributed by atoms with Gasteiger partial charge in [-0.1, -0.05) is 0 Å². The predicted molar refractivity (Wildman–Crippen MR) is 59.9 cm³/mol. The second kappa shape index (κ2) is 4.18. The Morgan fingerprint density at radius 2 is 1.94 bits per heavy atom. The number of benzene rings is 1. The second-order valence-electron chi connectivity index (χ2n) is 3.46. The molecule has 1 heterocycles. The Morgan fingerprint density at radius 3 is 2.56 bits per heavy atom. The van der Waals surface area contributed by atoms with Crippen molar-refractivity contribution in [3.8, 4) is 11.6 Å². The number of anilines is 1. The van der Waals surface area contributed by atoms with Crippen LogP contribution in [-0.2, 0) is 0 Å². The van der Waals surface area contributed by atoms with Crippen LogP contribution in [0, 0.1) is 12.7 Å². The van der Waals surface area contributed by atoms with Gasteiger partial charge in [0.25, 0.3) is 0 Å². The Bertz CT molecular complexity index is 497. The van der Waals surface area contributed by atoms with Gasteiger partial charge in [0.15, 0.2) is 0 Å². The molecule has 3 nitrogen and oxygen atoms in total. The number of rotatable bonds is 2. The lowest BCUT2D eigenvalue weighted by Crippen LogP contribution is -1.95. The maximum atomic E-state index is 12.7. The predicted octanol–water partition coefficient (Wildman–Crippen LogP) is 2.90. The SMILES string of the molecule is Cc1cnc(Oc2ccc(F)cc2)c(N)c1. The van der Waals surface area contributed by atoms with E-state index in [0.717, 1.165) is 5.56 Å². The Labute approximate surface area is 92.7 Å².